The maximum absolute atomic E-state index is 13.3. The van der Waals surface area contributed by atoms with Crippen LogP contribution in [0.1, 0.15) is 28.4 Å². The van der Waals surface area contributed by atoms with Gasteiger partial charge in [-0.05, 0) is 49.2 Å². The molecule has 1 N–H and O–H groups in total. The van der Waals surface area contributed by atoms with Crippen molar-refractivity contribution in [3.63, 3.8) is 0 Å². The summed E-state index contributed by atoms with van der Waals surface area (Å²) in [6, 6.07) is 17.7. The number of para-hydroxylation sites is 1. The van der Waals surface area contributed by atoms with Gasteiger partial charge in [0.15, 0.2) is 0 Å². The maximum Gasteiger partial charge on any atom is 0.322 e. The van der Waals surface area contributed by atoms with E-state index in [-0.39, 0.29) is 12.1 Å². The van der Waals surface area contributed by atoms with Crippen molar-refractivity contribution in [2.45, 2.75) is 26.4 Å². The minimum Gasteiger partial charge on any atom is -0.496 e. The van der Waals surface area contributed by atoms with Gasteiger partial charge in [0.25, 0.3) is 0 Å². The number of nitrogens with one attached hydrogen (secondary N) is 1. The van der Waals surface area contributed by atoms with Gasteiger partial charge in [0.2, 0.25) is 0 Å². The second kappa shape index (κ2) is 7.43. The van der Waals surface area contributed by atoms with Crippen LogP contribution >= 0.6 is 0 Å². The highest BCUT2D eigenvalue weighted by Crippen LogP contribution is 2.37. The van der Waals surface area contributed by atoms with Crippen LogP contribution in [-0.2, 0) is 6.54 Å². The number of fused-ring (bicyclic) bond motifs is 1. The van der Waals surface area contributed by atoms with Gasteiger partial charge in [-0.1, -0.05) is 30.3 Å². The summed E-state index contributed by atoms with van der Waals surface area (Å²) in [6.07, 6.45) is 2.07. The van der Waals surface area contributed by atoms with Gasteiger partial charge in [-0.25, -0.2) is 4.79 Å². The first kappa shape index (κ1) is 18.2. The number of amides is 2. The topological polar surface area (TPSA) is 46.5 Å². The number of benzene rings is 2. The molecule has 5 heteroatoms. The van der Waals surface area contributed by atoms with Crippen LogP contribution < -0.4 is 10.1 Å². The van der Waals surface area contributed by atoms with Crippen LogP contribution in [0.3, 0.4) is 0 Å². The molecule has 1 unspecified atom stereocenters. The van der Waals surface area contributed by atoms with Gasteiger partial charge in [0.1, 0.15) is 11.8 Å². The maximum atomic E-state index is 13.3. The molecule has 0 saturated heterocycles. The van der Waals surface area contributed by atoms with E-state index in [2.05, 4.69) is 35.1 Å². The number of methoxy groups -OCH3 is 1. The second-order valence-corrected chi connectivity index (χ2v) is 7.14. The van der Waals surface area contributed by atoms with Crippen LogP contribution in [0.4, 0.5) is 10.5 Å². The third-order valence-electron chi connectivity index (χ3n) is 5.58. The molecule has 2 aromatic carbocycles. The van der Waals surface area contributed by atoms with E-state index in [4.69, 9.17) is 4.74 Å². The first-order valence-corrected chi connectivity index (χ1v) is 9.52. The first-order valence-electron chi connectivity index (χ1n) is 9.52. The zero-order chi connectivity index (χ0) is 19.7. The summed E-state index contributed by atoms with van der Waals surface area (Å²) in [6.45, 7) is 5.48. The molecule has 1 aliphatic rings. The Morgan fingerprint density at radius 3 is 2.68 bits per heavy atom. The number of ether oxygens (including phenoxy) is 1. The van der Waals surface area contributed by atoms with Crippen molar-refractivity contribution in [1.82, 2.24) is 9.47 Å². The number of hydrogen-bond donors (Lipinski definition) is 1. The largest absolute Gasteiger partial charge is 0.496 e. The lowest BCUT2D eigenvalue weighted by Crippen LogP contribution is -2.44. The van der Waals surface area contributed by atoms with Crippen LogP contribution in [0, 0.1) is 13.8 Å². The molecule has 1 aromatic heterocycles. The minimum absolute atomic E-state index is 0.0999. The van der Waals surface area contributed by atoms with Crippen molar-refractivity contribution < 1.29 is 9.53 Å². The minimum atomic E-state index is -0.204. The van der Waals surface area contributed by atoms with Crippen LogP contribution in [0.25, 0.3) is 0 Å². The Labute approximate surface area is 165 Å². The van der Waals surface area contributed by atoms with E-state index in [0.717, 1.165) is 40.4 Å². The molecule has 0 radical (unpaired) electrons. The lowest BCUT2D eigenvalue weighted by Gasteiger charge is -2.37. The average molecular weight is 375 g/mol. The molecule has 1 aliphatic heterocycles. The lowest BCUT2D eigenvalue weighted by molar-refractivity contribution is 0.180. The number of rotatable bonds is 3. The number of urea groups is 1. The third kappa shape index (κ3) is 3.13. The molecule has 4 rings (SSSR count). The fraction of sp³-hybridized carbons (Fsp3) is 0.261. The summed E-state index contributed by atoms with van der Waals surface area (Å²) in [5.41, 5.74) is 5.18. The fourth-order valence-corrected chi connectivity index (χ4v) is 3.90. The van der Waals surface area contributed by atoms with E-state index in [1.54, 1.807) is 7.11 Å². The van der Waals surface area contributed by atoms with Crippen molar-refractivity contribution in [3.8, 4) is 5.75 Å². The predicted octanol–water partition coefficient (Wildman–Crippen LogP) is 4.75. The average Bonchev–Trinajstić information content (AvgIpc) is 3.19. The Hall–Kier alpha value is -3.21. The van der Waals surface area contributed by atoms with Crippen LogP contribution in [-0.4, -0.2) is 29.2 Å². The zero-order valence-corrected chi connectivity index (χ0v) is 16.5. The third-order valence-corrected chi connectivity index (χ3v) is 5.58. The Kier molecular flexibility index (Phi) is 4.82. The summed E-state index contributed by atoms with van der Waals surface area (Å²) in [7, 11) is 1.67. The molecule has 144 valence electrons. The Morgan fingerprint density at radius 1 is 1.04 bits per heavy atom. The number of aromatic nitrogens is 1. The molecule has 0 aliphatic carbocycles. The summed E-state index contributed by atoms with van der Waals surface area (Å²) in [5.74, 6) is 0.784. The van der Waals surface area contributed by atoms with E-state index >= 15 is 0 Å². The van der Waals surface area contributed by atoms with Crippen LogP contribution in [0.2, 0.25) is 0 Å². The van der Waals surface area contributed by atoms with E-state index in [0.29, 0.717) is 6.54 Å². The highest BCUT2D eigenvalue weighted by Gasteiger charge is 2.34. The molecule has 3 aromatic rings. The highest BCUT2D eigenvalue weighted by molar-refractivity contribution is 5.91. The number of hydrogen-bond acceptors (Lipinski definition) is 2. The molecular weight excluding hydrogens is 350 g/mol. The smallest absolute Gasteiger partial charge is 0.322 e. The van der Waals surface area contributed by atoms with E-state index in [9.17, 15) is 4.79 Å². The second-order valence-electron chi connectivity index (χ2n) is 7.14. The SMILES string of the molecule is COc1ccccc1C1c2cccn2CCN1C(=O)Nc1cccc(C)c1C. The molecule has 0 spiro atoms. The summed E-state index contributed by atoms with van der Waals surface area (Å²) in [5, 5.41) is 3.12. The van der Waals surface area contributed by atoms with Crippen molar-refractivity contribution in [2.24, 2.45) is 0 Å². The number of aryl methyl sites for hydroxylation is 1. The van der Waals surface area contributed by atoms with Crippen LogP contribution in [0.5, 0.6) is 5.75 Å². The normalized spacial score (nSPS) is 15.8. The molecule has 5 nitrogen and oxygen atoms in total. The fourth-order valence-electron chi connectivity index (χ4n) is 3.90. The Morgan fingerprint density at radius 2 is 1.86 bits per heavy atom. The molecule has 0 saturated carbocycles. The van der Waals surface area contributed by atoms with Gasteiger partial charge in [-0.15, -0.1) is 0 Å². The predicted molar refractivity (Wildman–Crippen MR) is 111 cm³/mol. The number of anilines is 1. The monoisotopic (exact) mass is 375 g/mol. The lowest BCUT2D eigenvalue weighted by atomic mass is 9.99. The van der Waals surface area contributed by atoms with Gasteiger partial charge in [0.05, 0.1) is 7.11 Å². The van der Waals surface area contributed by atoms with Gasteiger partial charge >= 0.3 is 6.03 Å². The van der Waals surface area contributed by atoms with E-state index in [1.807, 2.05) is 54.3 Å². The molecule has 0 bridgehead atoms. The van der Waals surface area contributed by atoms with Crippen LogP contribution in [0.15, 0.2) is 60.8 Å². The zero-order valence-electron chi connectivity index (χ0n) is 16.5. The number of carbonyl (C=O) groups is 1. The van der Waals surface area contributed by atoms with Gasteiger partial charge in [0, 0.05) is 36.2 Å². The van der Waals surface area contributed by atoms with Crippen molar-refractivity contribution >= 4 is 11.7 Å². The standard InChI is InChI=1S/C23H25N3O2/c1-16-8-6-10-19(17(16)2)24-23(27)26-15-14-25-13-7-11-20(25)22(26)18-9-4-5-12-21(18)28-3/h4-13,22H,14-15H2,1-3H3,(H,24,27). The molecule has 0 fully saturated rings. The summed E-state index contributed by atoms with van der Waals surface area (Å²) < 4.78 is 7.81. The molecule has 2 heterocycles. The Balaban J connectivity index is 1.72. The van der Waals surface area contributed by atoms with Gasteiger partial charge in [-0.3, -0.25) is 0 Å². The molecule has 2 amide bonds. The summed E-state index contributed by atoms with van der Waals surface area (Å²) in [4.78, 5) is 15.2. The van der Waals surface area contributed by atoms with Crippen molar-refractivity contribution in [1.29, 1.82) is 0 Å². The summed E-state index contributed by atoms with van der Waals surface area (Å²) >= 11 is 0. The van der Waals surface area contributed by atoms with Gasteiger partial charge < -0.3 is 19.5 Å². The first-order chi connectivity index (χ1) is 13.6. The highest BCUT2D eigenvalue weighted by atomic mass is 16.5. The molecule has 1 atom stereocenters. The van der Waals surface area contributed by atoms with Gasteiger partial charge in [-0.2, -0.15) is 0 Å². The number of carbonyl (C=O) groups excluding carboxylic acids is 1. The molecular formula is C23H25N3O2. The quantitative estimate of drug-likeness (QED) is 0.718. The number of nitrogens with zero attached hydrogens (tertiary/aromatic N) is 2. The Bertz CT molecular complexity index is 1010. The van der Waals surface area contributed by atoms with E-state index in [1.165, 1.54) is 0 Å². The van der Waals surface area contributed by atoms with E-state index < -0.39 is 0 Å². The van der Waals surface area contributed by atoms with Crippen molar-refractivity contribution in [2.75, 3.05) is 19.0 Å². The molecule has 28 heavy (non-hydrogen) atoms. The van der Waals surface area contributed by atoms with Crippen molar-refractivity contribution in [3.05, 3.63) is 83.2 Å².